The molecule has 0 saturated carbocycles. The third kappa shape index (κ3) is 2.34. The number of benzene rings is 1. The van der Waals surface area contributed by atoms with Gasteiger partial charge >= 0.3 is 0 Å². The number of hydrogen-bond acceptors (Lipinski definition) is 2. The van der Waals surface area contributed by atoms with Crippen LogP contribution in [0.15, 0.2) is 50.5 Å². The Hall–Kier alpha value is -0.590. The Kier molecular flexibility index (Phi) is 3.47. The Morgan fingerprint density at radius 1 is 0.941 bits per heavy atom. The predicted molar refractivity (Wildman–Crippen MR) is 73.6 cm³/mol. The fourth-order valence-electron chi connectivity index (χ4n) is 1.42. The lowest BCUT2D eigenvalue weighted by Gasteiger charge is -2.09. The Morgan fingerprint density at radius 3 is 1.88 bits per heavy atom. The molecular weight excluding hydrogens is 370 g/mol. The van der Waals surface area contributed by atoms with Gasteiger partial charge in [-0.15, -0.1) is 0 Å². The maximum Gasteiger partial charge on any atom is 0.269 e. The molecule has 0 atom stereocenters. The lowest BCUT2D eigenvalue weighted by molar-refractivity contribution is 0.585. The molecule has 90 valence electrons. The summed E-state index contributed by atoms with van der Waals surface area (Å²) in [5.41, 5.74) is 1.02. The summed E-state index contributed by atoms with van der Waals surface area (Å²) >= 11 is 6.44. The zero-order valence-corrected chi connectivity index (χ0v) is 12.9. The molecule has 0 aliphatic rings. The Morgan fingerprint density at radius 2 is 1.41 bits per heavy atom. The Balaban J connectivity index is 2.62. The highest BCUT2D eigenvalue weighted by Crippen LogP contribution is 2.26. The van der Waals surface area contributed by atoms with Crippen molar-refractivity contribution < 1.29 is 8.42 Å². The van der Waals surface area contributed by atoms with Gasteiger partial charge in [0.25, 0.3) is 10.0 Å². The molecular formula is C11H9Br2NO2S. The molecule has 0 fully saturated rings. The van der Waals surface area contributed by atoms with Crippen LogP contribution in [0.5, 0.6) is 0 Å². The number of hydrogen-bond donors (Lipinski definition) is 0. The van der Waals surface area contributed by atoms with E-state index in [1.165, 1.54) is 3.97 Å². The molecule has 0 spiro atoms. The van der Waals surface area contributed by atoms with Crippen molar-refractivity contribution >= 4 is 41.9 Å². The summed E-state index contributed by atoms with van der Waals surface area (Å²) in [6.45, 7) is 1.91. The summed E-state index contributed by atoms with van der Waals surface area (Å²) in [6, 6.07) is 10.1. The van der Waals surface area contributed by atoms with Crippen molar-refractivity contribution in [3.8, 4) is 0 Å². The molecule has 0 unspecified atom stereocenters. The van der Waals surface area contributed by atoms with Crippen LogP contribution < -0.4 is 0 Å². The monoisotopic (exact) mass is 377 g/mol. The lowest BCUT2D eigenvalue weighted by Crippen LogP contribution is -2.13. The van der Waals surface area contributed by atoms with Gasteiger partial charge < -0.3 is 0 Å². The molecule has 17 heavy (non-hydrogen) atoms. The molecule has 0 bridgehead atoms. The van der Waals surface area contributed by atoms with Gasteiger partial charge in [-0.2, -0.15) is 0 Å². The fraction of sp³-hybridized carbons (Fsp3) is 0.0909. The van der Waals surface area contributed by atoms with E-state index in [0.29, 0.717) is 9.21 Å². The standard InChI is InChI=1S/C11H9Br2NO2S/c1-8-2-4-9(5-3-8)17(15,16)14-10(12)6-7-11(14)13/h2-7H,1H3. The second kappa shape index (κ2) is 4.59. The first-order chi connectivity index (χ1) is 7.93. The van der Waals surface area contributed by atoms with Crippen LogP contribution >= 0.6 is 31.9 Å². The largest absolute Gasteiger partial charge is 0.269 e. The Labute approximate surface area is 117 Å². The second-order valence-corrected chi connectivity index (χ2v) is 6.97. The highest BCUT2D eigenvalue weighted by Gasteiger charge is 2.21. The summed E-state index contributed by atoms with van der Waals surface area (Å²) in [5.74, 6) is 0. The SMILES string of the molecule is Cc1ccc(S(=O)(=O)n2c(Br)ccc2Br)cc1. The quantitative estimate of drug-likeness (QED) is 0.801. The average Bonchev–Trinajstić information content (AvgIpc) is 2.59. The summed E-state index contributed by atoms with van der Waals surface area (Å²) < 4.78 is 26.9. The van der Waals surface area contributed by atoms with E-state index < -0.39 is 10.0 Å². The van der Waals surface area contributed by atoms with Crippen LogP contribution in [-0.4, -0.2) is 12.4 Å². The molecule has 1 aromatic heterocycles. The molecule has 2 aromatic rings. The molecule has 2 rings (SSSR count). The third-order valence-corrected chi connectivity index (χ3v) is 5.76. The van der Waals surface area contributed by atoms with Gasteiger partial charge in [-0.3, -0.25) is 0 Å². The van der Waals surface area contributed by atoms with Crippen LogP contribution in [0, 0.1) is 6.92 Å². The van der Waals surface area contributed by atoms with E-state index in [0.717, 1.165) is 5.56 Å². The molecule has 0 aliphatic carbocycles. The number of nitrogens with zero attached hydrogens (tertiary/aromatic N) is 1. The van der Waals surface area contributed by atoms with E-state index in [2.05, 4.69) is 31.9 Å². The lowest BCUT2D eigenvalue weighted by atomic mass is 10.2. The van der Waals surface area contributed by atoms with E-state index in [4.69, 9.17) is 0 Å². The zero-order chi connectivity index (χ0) is 12.6. The highest BCUT2D eigenvalue weighted by atomic mass is 79.9. The Bertz CT molecular complexity index is 625. The minimum absolute atomic E-state index is 0.265. The normalized spacial score (nSPS) is 11.7. The maximum absolute atomic E-state index is 12.4. The van der Waals surface area contributed by atoms with E-state index >= 15 is 0 Å². The van der Waals surface area contributed by atoms with Crippen LogP contribution in [0.3, 0.4) is 0 Å². The van der Waals surface area contributed by atoms with Crippen molar-refractivity contribution in [1.29, 1.82) is 0 Å². The molecule has 0 aliphatic heterocycles. The molecule has 1 heterocycles. The molecule has 6 heteroatoms. The van der Waals surface area contributed by atoms with Gasteiger partial charge in [0.1, 0.15) is 9.21 Å². The first kappa shape index (κ1) is 12.9. The number of halogens is 2. The molecule has 1 aromatic carbocycles. The van der Waals surface area contributed by atoms with Crippen molar-refractivity contribution in [1.82, 2.24) is 3.97 Å². The van der Waals surface area contributed by atoms with Crippen molar-refractivity contribution in [3.05, 3.63) is 51.2 Å². The van der Waals surface area contributed by atoms with Crippen LogP contribution in [0.25, 0.3) is 0 Å². The van der Waals surface area contributed by atoms with E-state index in [1.54, 1.807) is 36.4 Å². The van der Waals surface area contributed by atoms with Crippen LogP contribution in [-0.2, 0) is 10.0 Å². The molecule has 0 amide bonds. The topological polar surface area (TPSA) is 39.1 Å². The van der Waals surface area contributed by atoms with Crippen molar-refractivity contribution in [2.45, 2.75) is 11.8 Å². The zero-order valence-electron chi connectivity index (χ0n) is 8.89. The fourth-order valence-corrected chi connectivity index (χ4v) is 4.72. The smallest absolute Gasteiger partial charge is 0.221 e. The summed E-state index contributed by atoms with van der Waals surface area (Å²) in [5, 5.41) is 0. The summed E-state index contributed by atoms with van der Waals surface area (Å²) in [6.07, 6.45) is 0. The average molecular weight is 379 g/mol. The molecule has 0 radical (unpaired) electrons. The van der Waals surface area contributed by atoms with Crippen LogP contribution in [0.4, 0.5) is 0 Å². The third-order valence-electron chi connectivity index (χ3n) is 2.31. The van der Waals surface area contributed by atoms with Crippen molar-refractivity contribution in [3.63, 3.8) is 0 Å². The van der Waals surface area contributed by atoms with Gasteiger partial charge in [0.15, 0.2) is 0 Å². The molecule has 3 nitrogen and oxygen atoms in total. The van der Waals surface area contributed by atoms with E-state index in [9.17, 15) is 8.42 Å². The van der Waals surface area contributed by atoms with E-state index in [1.807, 2.05) is 6.92 Å². The highest BCUT2D eigenvalue weighted by molar-refractivity contribution is 9.11. The van der Waals surface area contributed by atoms with Gasteiger partial charge in [0.2, 0.25) is 0 Å². The number of aromatic nitrogens is 1. The van der Waals surface area contributed by atoms with Crippen molar-refractivity contribution in [2.75, 3.05) is 0 Å². The van der Waals surface area contributed by atoms with Gasteiger partial charge in [-0.1, -0.05) is 17.7 Å². The number of aryl methyl sites for hydroxylation is 1. The maximum atomic E-state index is 12.4. The van der Waals surface area contributed by atoms with E-state index in [-0.39, 0.29) is 4.90 Å². The van der Waals surface area contributed by atoms with Gasteiger partial charge in [-0.05, 0) is 63.0 Å². The minimum Gasteiger partial charge on any atom is -0.221 e. The van der Waals surface area contributed by atoms with Gasteiger partial charge in [0.05, 0.1) is 4.90 Å². The molecule has 0 N–H and O–H groups in total. The first-order valence-corrected chi connectivity index (χ1v) is 7.80. The first-order valence-electron chi connectivity index (χ1n) is 4.78. The van der Waals surface area contributed by atoms with Crippen LogP contribution in [0.2, 0.25) is 0 Å². The second-order valence-electron chi connectivity index (χ2n) is 3.56. The predicted octanol–water partition coefficient (Wildman–Crippen LogP) is 3.56. The van der Waals surface area contributed by atoms with Crippen molar-refractivity contribution in [2.24, 2.45) is 0 Å². The summed E-state index contributed by atoms with van der Waals surface area (Å²) in [7, 11) is -3.55. The minimum atomic E-state index is -3.55. The van der Waals surface area contributed by atoms with Gasteiger partial charge in [-0.25, -0.2) is 12.4 Å². The summed E-state index contributed by atoms with van der Waals surface area (Å²) in [4.78, 5) is 0.265. The van der Waals surface area contributed by atoms with Crippen LogP contribution in [0.1, 0.15) is 5.56 Å². The number of rotatable bonds is 2. The molecule has 0 saturated heterocycles. The van der Waals surface area contributed by atoms with Gasteiger partial charge in [0, 0.05) is 0 Å².